The summed E-state index contributed by atoms with van der Waals surface area (Å²) in [5, 5.41) is 0. The molecular formula is C28H32N2O6. The van der Waals surface area contributed by atoms with E-state index < -0.39 is 17.9 Å². The number of rotatable bonds is 7. The van der Waals surface area contributed by atoms with Crippen LogP contribution in [0.15, 0.2) is 48.5 Å². The summed E-state index contributed by atoms with van der Waals surface area (Å²) in [6.45, 7) is 1.98. The summed E-state index contributed by atoms with van der Waals surface area (Å²) < 4.78 is 10.2. The maximum absolute atomic E-state index is 13.8. The Labute approximate surface area is 211 Å². The molecule has 2 aliphatic rings. The molecule has 1 unspecified atom stereocenters. The lowest BCUT2D eigenvalue weighted by atomic mass is 10.0. The Kier molecular flexibility index (Phi) is 8.03. The Morgan fingerprint density at radius 1 is 0.917 bits per heavy atom. The molecule has 0 N–H and O–H groups in total. The van der Waals surface area contributed by atoms with Gasteiger partial charge in [-0.25, -0.2) is 9.69 Å². The zero-order chi connectivity index (χ0) is 25.7. The number of carbonyl (C=O) groups excluding carboxylic acids is 4. The SMILES string of the molecule is CCOC(=O)c1ccc(N2C(=O)CC(N(C(=O)c3ccc(OC)cc3)C3CCCCCC3)C2=O)cc1. The standard InChI is InChI=1S/C28H32N2O6/c1-3-36-28(34)20-10-14-22(15-11-20)30-25(31)18-24(27(30)33)29(21-8-6-4-5-7-9-21)26(32)19-12-16-23(35-2)17-13-19/h10-17,21,24H,3-9,18H2,1-2H3. The fourth-order valence-corrected chi connectivity index (χ4v) is 5.05. The lowest BCUT2D eigenvalue weighted by Gasteiger charge is -2.35. The molecule has 2 fully saturated rings. The Balaban J connectivity index is 1.63. The van der Waals surface area contributed by atoms with Gasteiger partial charge in [0.15, 0.2) is 0 Å². The fourth-order valence-electron chi connectivity index (χ4n) is 5.05. The number of esters is 1. The lowest BCUT2D eigenvalue weighted by molar-refractivity contribution is -0.123. The molecule has 1 heterocycles. The Morgan fingerprint density at radius 3 is 2.11 bits per heavy atom. The molecule has 3 amide bonds. The van der Waals surface area contributed by atoms with Gasteiger partial charge >= 0.3 is 5.97 Å². The quantitative estimate of drug-likeness (QED) is 0.324. The monoisotopic (exact) mass is 492 g/mol. The van der Waals surface area contributed by atoms with Crippen LogP contribution in [0.1, 0.15) is 72.6 Å². The van der Waals surface area contributed by atoms with E-state index in [0.717, 1.165) is 43.4 Å². The number of carbonyl (C=O) groups is 4. The van der Waals surface area contributed by atoms with E-state index in [1.54, 1.807) is 55.3 Å². The van der Waals surface area contributed by atoms with Gasteiger partial charge in [-0.1, -0.05) is 25.7 Å². The summed E-state index contributed by atoms with van der Waals surface area (Å²) in [6.07, 6.45) is 5.67. The molecule has 4 rings (SSSR count). The number of nitrogens with zero attached hydrogens (tertiary/aromatic N) is 2. The molecule has 0 spiro atoms. The van der Waals surface area contributed by atoms with Gasteiger partial charge in [0, 0.05) is 11.6 Å². The Morgan fingerprint density at radius 2 is 1.53 bits per heavy atom. The van der Waals surface area contributed by atoms with Gasteiger partial charge < -0.3 is 14.4 Å². The minimum Gasteiger partial charge on any atom is -0.497 e. The first-order chi connectivity index (χ1) is 17.4. The first kappa shape index (κ1) is 25.4. The van der Waals surface area contributed by atoms with Gasteiger partial charge in [0.2, 0.25) is 5.91 Å². The molecule has 36 heavy (non-hydrogen) atoms. The zero-order valence-corrected chi connectivity index (χ0v) is 20.8. The van der Waals surface area contributed by atoms with Crippen molar-refractivity contribution in [3.8, 4) is 5.75 Å². The van der Waals surface area contributed by atoms with Crippen molar-refractivity contribution in [3.05, 3.63) is 59.7 Å². The maximum atomic E-state index is 13.8. The summed E-state index contributed by atoms with van der Waals surface area (Å²) in [7, 11) is 1.56. The van der Waals surface area contributed by atoms with Crippen LogP contribution < -0.4 is 9.64 Å². The summed E-state index contributed by atoms with van der Waals surface area (Å²) in [4.78, 5) is 55.2. The summed E-state index contributed by atoms with van der Waals surface area (Å²) in [6, 6.07) is 12.0. The molecule has 190 valence electrons. The largest absolute Gasteiger partial charge is 0.497 e. The number of methoxy groups -OCH3 is 1. The van der Waals surface area contributed by atoms with Crippen LogP contribution in [0.3, 0.4) is 0 Å². The Bertz CT molecular complexity index is 1100. The van der Waals surface area contributed by atoms with Gasteiger partial charge in [0.05, 0.1) is 31.4 Å². The first-order valence-corrected chi connectivity index (χ1v) is 12.5. The third kappa shape index (κ3) is 5.27. The van der Waals surface area contributed by atoms with E-state index >= 15 is 0 Å². The van der Waals surface area contributed by atoms with Gasteiger partial charge in [-0.2, -0.15) is 0 Å². The number of ether oxygens (including phenoxy) is 2. The summed E-state index contributed by atoms with van der Waals surface area (Å²) in [5.41, 5.74) is 1.17. The molecule has 2 aromatic carbocycles. The topological polar surface area (TPSA) is 93.2 Å². The predicted octanol–water partition coefficient (Wildman–Crippen LogP) is 4.37. The second kappa shape index (κ2) is 11.4. The molecule has 8 nitrogen and oxygen atoms in total. The predicted molar refractivity (Wildman–Crippen MR) is 134 cm³/mol. The third-order valence-corrected chi connectivity index (χ3v) is 6.88. The van der Waals surface area contributed by atoms with Crippen LogP contribution in [0.5, 0.6) is 5.75 Å². The lowest BCUT2D eigenvalue weighted by Crippen LogP contribution is -2.50. The van der Waals surface area contributed by atoms with Crippen molar-refractivity contribution in [1.29, 1.82) is 0 Å². The second-order valence-corrected chi connectivity index (χ2v) is 9.14. The molecule has 2 aromatic rings. The number of hydrogen-bond acceptors (Lipinski definition) is 6. The minimum atomic E-state index is -0.875. The van der Waals surface area contributed by atoms with E-state index in [1.165, 1.54) is 12.1 Å². The van der Waals surface area contributed by atoms with Crippen LogP contribution in [0.25, 0.3) is 0 Å². The normalized spacial score (nSPS) is 18.6. The molecule has 1 aliphatic heterocycles. The number of imide groups is 1. The van der Waals surface area contributed by atoms with Gasteiger partial charge in [-0.15, -0.1) is 0 Å². The molecular weight excluding hydrogens is 460 g/mol. The molecule has 0 aromatic heterocycles. The molecule has 1 saturated heterocycles. The van der Waals surface area contributed by atoms with Crippen molar-refractivity contribution in [2.24, 2.45) is 0 Å². The summed E-state index contributed by atoms with van der Waals surface area (Å²) >= 11 is 0. The highest BCUT2D eigenvalue weighted by atomic mass is 16.5. The molecule has 0 radical (unpaired) electrons. The maximum Gasteiger partial charge on any atom is 0.338 e. The highest BCUT2D eigenvalue weighted by Gasteiger charge is 2.46. The highest BCUT2D eigenvalue weighted by Crippen LogP contribution is 2.32. The molecule has 0 bridgehead atoms. The van der Waals surface area contributed by atoms with Gasteiger partial charge in [-0.05, 0) is 68.3 Å². The van der Waals surface area contributed by atoms with Crippen molar-refractivity contribution in [2.45, 2.75) is 64.0 Å². The van der Waals surface area contributed by atoms with E-state index in [0.29, 0.717) is 22.6 Å². The van der Waals surface area contributed by atoms with Crippen molar-refractivity contribution in [2.75, 3.05) is 18.6 Å². The van der Waals surface area contributed by atoms with E-state index in [9.17, 15) is 19.2 Å². The van der Waals surface area contributed by atoms with Crippen LogP contribution in [0, 0.1) is 0 Å². The average Bonchev–Trinajstić information content (AvgIpc) is 3.05. The molecule has 1 atom stereocenters. The molecule has 1 saturated carbocycles. The number of hydrogen-bond donors (Lipinski definition) is 0. The third-order valence-electron chi connectivity index (χ3n) is 6.88. The van der Waals surface area contributed by atoms with E-state index in [-0.39, 0.29) is 30.9 Å². The number of anilines is 1. The van der Waals surface area contributed by atoms with Gasteiger partial charge in [0.25, 0.3) is 11.8 Å². The van der Waals surface area contributed by atoms with E-state index in [4.69, 9.17) is 9.47 Å². The van der Waals surface area contributed by atoms with E-state index in [1.807, 2.05) is 0 Å². The van der Waals surface area contributed by atoms with E-state index in [2.05, 4.69) is 0 Å². The average molecular weight is 493 g/mol. The zero-order valence-electron chi connectivity index (χ0n) is 20.8. The van der Waals surface area contributed by atoms with Crippen LogP contribution in [0.2, 0.25) is 0 Å². The number of benzene rings is 2. The van der Waals surface area contributed by atoms with Crippen molar-refractivity contribution in [3.63, 3.8) is 0 Å². The number of amides is 3. The molecule has 8 heteroatoms. The van der Waals surface area contributed by atoms with Crippen molar-refractivity contribution in [1.82, 2.24) is 4.90 Å². The second-order valence-electron chi connectivity index (χ2n) is 9.14. The van der Waals surface area contributed by atoms with Crippen LogP contribution in [-0.2, 0) is 14.3 Å². The van der Waals surface area contributed by atoms with Crippen molar-refractivity contribution >= 4 is 29.4 Å². The smallest absolute Gasteiger partial charge is 0.338 e. The van der Waals surface area contributed by atoms with Crippen LogP contribution >= 0.6 is 0 Å². The van der Waals surface area contributed by atoms with Crippen LogP contribution in [-0.4, -0.2) is 54.4 Å². The summed E-state index contributed by atoms with van der Waals surface area (Å²) in [5.74, 6) is -0.872. The molecule has 1 aliphatic carbocycles. The minimum absolute atomic E-state index is 0.0726. The first-order valence-electron chi connectivity index (χ1n) is 12.5. The fraction of sp³-hybridized carbons (Fsp3) is 0.429. The highest BCUT2D eigenvalue weighted by molar-refractivity contribution is 6.23. The Hall–Kier alpha value is -3.68. The van der Waals surface area contributed by atoms with Gasteiger partial charge in [-0.3, -0.25) is 14.4 Å². The van der Waals surface area contributed by atoms with Crippen LogP contribution in [0.4, 0.5) is 5.69 Å². The van der Waals surface area contributed by atoms with Crippen molar-refractivity contribution < 1.29 is 28.7 Å². The van der Waals surface area contributed by atoms with Gasteiger partial charge in [0.1, 0.15) is 11.8 Å².